The molecule has 0 aliphatic heterocycles. The molecule has 0 unspecified atom stereocenters. The van der Waals surface area contributed by atoms with Gasteiger partial charge in [0.2, 0.25) is 0 Å². The minimum Gasteiger partial charge on any atom is -0.199 e. The van der Waals surface area contributed by atoms with E-state index in [0.717, 1.165) is 11.3 Å². The van der Waals surface area contributed by atoms with E-state index in [2.05, 4.69) is 5.10 Å². The summed E-state index contributed by atoms with van der Waals surface area (Å²) < 4.78 is 27.3. The first-order chi connectivity index (χ1) is 10.3. The van der Waals surface area contributed by atoms with Crippen LogP contribution >= 0.6 is 0 Å². The molecule has 0 saturated carbocycles. The van der Waals surface area contributed by atoms with Crippen molar-refractivity contribution in [1.82, 2.24) is 9.19 Å². The van der Waals surface area contributed by atoms with Crippen LogP contribution in [0.3, 0.4) is 0 Å². The van der Waals surface area contributed by atoms with E-state index in [1.165, 1.54) is 4.09 Å². The molecule has 1 aromatic carbocycles. The Morgan fingerprint density at radius 2 is 1.43 bits per heavy atom. The molecule has 0 N–H and O–H groups in total. The number of aryl methyl sites for hydroxylation is 1. The average Bonchev–Trinajstić information content (AvgIpc) is 2.84. The zero-order valence-corrected chi connectivity index (χ0v) is 15.8. The molecular weight excluding hydrogens is 308 g/mol. The molecule has 126 valence electrons. The molecule has 1 heterocycles. The first-order valence-electron chi connectivity index (χ1n) is 7.77. The summed E-state index contributed by atoms with van der Waals surface area (Å²) in [5, 5.41) is 4.45. The van der Waals surface area contributed by atoms with Crippen molar-refractivity contribution in [1.29, 1.82) is 0 Å². The average molecular weight is 334 g/mol. The van der Waals surface area contributed by atoms with Gasteiger partial charge in [-0.05, 0) is 25.1 Å². The standard InChI is InChI=1S/C18H26N2O2S/c1-13-8-10-14(11-9-13)23(21,22)20-16(18(5,6)7)12-15(19-20)17(2,3)4/h8-12H,1-7H3. The Morgan fingerprint density at radius 3 is 1.87 bits per heavy atom. The van der Waals surface area contributed by atoms with Crippen molar-refractivity contribution in [3.8, 4) is 0 Å². The summed E-state index contributed by atoms with van der Waals surface area (Å²) in [5.41, 5.74) is 1.96. The quantitative estimate of drug-likeness (QED) is 0.833. The van der Waals surface area contributed by atoms with Gasteiger partial charge in [-0.15, -0.1) is 0 Å². The van der Waals surface area contributed by atoms with Crippen molar-refractivity contribution in [2.24, 2.45) is 0 Å². The van der Waals surface area contributed by atoms with Gasteiger partial charge in [-0.1, -0.05) is 59.2 Å². The van der Waals surface area contributed by atoms with E-state index >= 15 is 0 Å². The Balaban J connectivity index is 2.70. The van der Waals surface area contributed by atoms with Crippen molar-refractivity contribution in [2.45, 2.75) is 64.2 Å². The number of rotatable bonds is 2. The van der Waals surface area contributed by atoms with Gasteiger partial charge in [0, 0.05) is 10.8 Å². The van der Waals surface area contributed by atoms with E-state index in [9.17, 15) is 8.42 Å². The largest absolute Gasteiger partial charge is 0.283 e. The van der Waals surface area contributed by atoms with Crippen LogP contribution in [0.25, 0.3) is 0 Å². The minimum atomic E-state index is -3.70. The summed E-state index contributed by atoms with van der Waals surface area (Å²) in [6.45, 7) is 14.0. The van der Waals surface area contributed by atoms with Crippen molar-refractivity contribution in [3.63, 3.8) is 0 Å². The molecule has 5 heteroatoms. The lowest BCUT2D eigenvalue weighted by molar-refractivity contribution is 0.526. The molecule has 23 heavy (non-hydrogen) atoms. The van der Waals surface area contributed by atoms with Crippen LogP contribution in [0.4, 0.5) is 0 Å². The summed E-state index contributed by atoms with van der Waals surface area (Å²) in [6, 6.07) is 8.78. The molecule has 0 radical (unpaired) electrons. The highest BCUT2D eigenvalue weighted by atomic mass is 32.2. The van der Waals surface area contributed by atoms with E-state index < -0.39 is 10.0 Å². The molecule has 0 aliphatic carbocycles. The number of benzene rings is 1. The normalized spacial score (nSPS) is 13.3. The lowest BCUT2D eigenvalue weighted by atomic mass is 9.88. The van der Waals surface area contributed by atoms with Gasteiger partial charge < -0.3 is 0 Å². The molecule has 0 saturated heterocycles. The van der Waals surface area contributed by atoms with Crippen LogP contribution in [-0.4, -0.2) is 17.6 Å². The topological polar surface area (TPSA) is 52.0 Å². The SMILES string of the molecule is Cc1ccc(S(=O)(=O)n2nc(C(C)(C)C)cc2C(C)(C)C)cc1. The highest BCUT2D eigenvalue weighted by Gasteiger charge is 2.31. The van der Waals surface area contributed by atoms with Crippen LogP contribution in [-0.2, 0) is 20.9 Å². The molecule has 0 amide bonds. The maximum Gasteiger partial charge on any atom is 0.283 e. The summed E-state index contributed by atoms with van der Waals surface area (Å²) in [4.78, 5) is 0.261. The van der Waals surface area contributed by atoms with E-state index in [4.69, 9.17) is 0 Å². The van der Waals surface area contributed by atoms with Crippen LogP contribution in [0.5, 0.6) is 0 Å². The Labute approximate surface area is 139 Å². The highest BCUT2D eigenvalue weighted by molar-refractivity contribution is 7.89. The Bertz CT molecular complexity index is 802. The first kappa shape index (κ1) is 17.7. The van der Waals surface area contributed by atoms with Crippen molar-refractivity contribution in [2.75, 3.05) is 0 Å². The van der Waals surface area contributed by atoms with Gasteiger partial charge >= 0.3 is 0 Å². The van der Waals surface area contributed by atoms with Crippen molar-refractivity contribution in [3.05, 3.63) is 47.3 Å². The maximum absolute atomic E-state index is 13.1. The van der Waals surface area contributed by atoms with Gasteiger partial charge in [-0.3, -0.25) is 0 Å². The smallest absolute Gasteiger partial charge is 0.199 e. The van der Waals surface area contributed by atoms with Gasteiger partial charge in [0.1, 0.15) is 0 Å². The number of aromatic nitrogens is 2. The second-order valence-electron chi connectivity index (χ2n) is 8.08. The first-order valence-corrected chi connectivity index (χ1v) is 9.21. The van der Waals surface area contributed by atoms with E-state index in [0.29, 0.717) is 5.69 Å². The minimum absolute atomic E-state index is 0.214. The van der Waals surface area contributed by atoms with Gasteiger partial charge in [-0.2, -0.15) is 17.6 Å². The Morgan fingerprint density at radius 1 is 0.913 bits per heavy atom. The molecule has 0 spiro atoms. The maximum atomic E-state index is 13.1. The summed E-state index contributed by atoms with van der Waals surface area (Å²) >= 11 is 0. The van der Waals surface area contributed by atoms with E-state index in [1.54, 1.807) is 24.3 Å². The summed E-state index contributed by atoms with van der Waals surface area (Å²) in [5.74, 6) is 0. The second-order valence-corrected chi connectivity index (χ2v) is 9.84. The van der Waals surface area contributed by atoms with Crippen molar-refractivity contribution < 1.29 is 8.42 Å². The lowest BCUT2D eigenvalue weighted by Gasteiger charge is -2.20. The van der Waals surface area contributed by atoms with Crippen LogP contribution in [0, 0.1) is 6.92 Å². The second kappa shape index (κ2) is 5.48. The molecular formula is C18H26N2O2S. The summed E-state index contributed by atoms with van der Waals surface area (Å²) in [6.07, 6.45) is 0. The summed E-state index contributed by atoms with van der Waals surface area (Å²) in [7, 11) is -3.70. The van der Waals surface area contributed by atoms with Crippen LogP contribution in [0.1, 0.15) is 58.5 Å². The zero-order valence-electron chi connectivity index (χ0n) is 15.0. The van der Waals surface area contributed by atoms with E-state index in [1.807, 2.05) is 54.5 Å². The fourth-order valence-electron chi connectivity index (χ4n) is 2.23. The van der Waals surface area contributed by atoms with Crippen LogP contribution in [0.15, 0.2) is 35.2 Å². The third-order valence-corrected chi connectivity index (χ3v) is 5.36. The van der Waals surface area contributed by atoms with Crippen LogP contribution in [0.2, 0.25) is 0 Å². The van der Waals surface area contributed by atoms with Crippen molar-refractivity contribution >= 4 is 10.0 Å². The molecule has 0 bridgehead atoms. The number of hydrogen-bond donors (Lipinski definition) is 0. The predicted molar refractivity (Wildman–Crippen MR) is 93.4 cm³/mol. The highest BCUT2D eigenvalue weighted by Crippen LogP contribution is 2.30. The molecule has 1 aromatic heterocycles. The van der Waals surface area contributed by atoms with Gasteiger partial charge in [0.25, 0.3) is 10.0 Å². The van der Waals surface area contributed by atoms with Gasteiger partial charge in [0.15, 0.2) is 0 Å². The Kier molecular flexibility index (Phi) is 4.22. The number of hydrogen-bond acceptors (Lipinski definition) is 3. The van der Waals surface area contributed by atoms with Gasteiger partial charge in [0.05, 0.1) is 16.3 Å². The zero-order chi connectivity index (χ0) is 17.6. The predicted octanol–water partition coefficient (Wildman–Crippen LogP) is 4.02. The fourth-order valence-corrected chi connectivity index (χ4v) is 3.69. The fraction of sp³-hybridized carbons (Fsp3) is 0.500. The lowest BCUT2D eigenvalue weighted by Crippen LogP contribution is -2.24. The molecule has 4 nitrogen and oxygen atoms in total. The molecule has 0 aliphatic rings. The molecule has 2 rings (SSSR count). The van der Waals surface area contributed by atoms with Crippen LogP contribution < -0.4 is 0 Å². The Hall–Kier alpha value is -1.62. The third-order valence-electron chi connectivity index (χ3n) is 3.76. The van der Waals surface area contributed by atoms with E-state index in [-0.39, 0.29) is 15.7 Å². The third kappa shape index (κ3) is 3.50. The molecule has 0 fully saturated rings. The number of nitrogens with zero attached hydrogens (tertiary/aromatic N) is 2. The monoisotopic (exact) mass is 334 g/mol. The molecule has 2 aromatic rings. The van der Waals surface area contributed by atoms with Gasteiger partial charge in [-0.25, -0.2) is 0 Å². The molecule has 0 atom stereocenters.